The van der Waals surface area contributed by atoms with Crippen molar-refractivity contribution in [3.8, 4) is 11.5 Å². The standard InChI is InChI=1S/C13H22N2O4S/c1-9-6-10(18-4)11(19-5)7-12(9)20(16,17)15-8-13(2,3)14/h6-7,15H,8,14H2,1-5H3. The van der Waals surface area contributed by atoms with E-state index in [1.165, 1.54) is 20.3 Å². The Morgan fingerprint density at radius 1 is 1.20 bits per heavy atom. The average molecular weight is 302 g/mol. The van der Waals surface area contributed by atoms with Crippen LogP contribution in [0, 0.1) is 6.92 Å². The van der Waals surface area contributed by atoms with Crippen LogP contribution in [-0.2, 0) is 10.0 Å². The Morgan fingerprint density at radius 2 is 1.70 bits per heavy atom. The van der Waals surface area contributed by atoms with E-state index < -0.39 is 15.6 Å². The first-order valence-corrected chi connectivity index (χ1v) is 7.60. The van der Waals surface area contributed by atoms with Crippen molar-refractivity contribution in [2.75, 3.05) is 20.8 Å². The third-order valence-electron chi connectivity index (χ3n) is 2.69. The van der Waals surface area contributed by atoms with E-state index in [1.54, 1.807) is 26.8 Å². The molecule has 0 aliphatic rings. The normalized spacial score (nSPS) is 12.3. The second kappa shape index (κ2) is 5.99. The summed E-state index contributed by atoms with van der Waals surface area (Å²) in [6, 6.07) is 3.07. The molecule has 6 nitrogen and oxygen atoms in total. The van der Waals surface area contributed by atoms with Crippen molar-refractivity contribution in [3.05, 3.63) is 17.7 Å². The first-order valence-electron chi connectivity index (χ1n) is 6.12. The number of benzene rings is 1. The molecule has 20 heavy (non-hydrogen) atoms. The number of aryl methyl sites for hydroxylation is 1. The molecule has 0 aromatic heterocycles. The quantitative estimate of drug-likeness (QED) is 0.819. The number of rotatable bonds is 6. The van der Waals surface area contributed by atoms with Gasteiger partial charge in [-0.05, 0) is 32.4 Å². The Labute approximate surface area is 120 Å². The summed E-state index contributed by atoms with van der Waals surface area (Å²) in [4.78, 5) is 0.152. The summed E-state index contributed by atoms with van der Waals surface area (Å²) in [7, 11) is -0.688. The van der Waals surface area contributed by atoms with Gasteiger partial charge in [0.25, 0.3) is 0 Å². The molecular formula is C13H22N2O4S. The van der Waals surface area contributed by atoms with Crippen LogP contribution in [0.5, 0.6) is 11.5 Å². The number of nitrogens with two attached hydrogens (primary N) is 1. The van der Waals surface area contributed by atoms with E-state index >= 15 is 0 Å². The molecule has 0 heterocycles. The summed E-state index contributed by atoms with van der Waals surface area (Å²) in [5, 5.41) is 0. The fraction of sp³-hybridized carbons (Fsp3) is 0.538. The van der Waals surface area contributed by atoms with Crippen LogP contribution in [0.3, 0.4) is 0 Å². The number of ether oxygens (including phenoxy) is 2. The molecule has 0 spiro atoms. The predicted octanol–water partition coefficient (Wildman–Crippen LogP) is 1.03. The van der Waals surface area contributed by atoms with Crippen LogP contribution in [0.25, 0.3) is 0 Å². The van der Waals surface area contributed by atoms with Crippen LogP contribution >= 0.6 is 0 Å². The van der Waals surface area contributed by atoms with Gasteiger partial charge >= 0.3 is 0 Å². The molecule has 0 saturated carbocycles. The van der Waals surface area contributed by atoms with Crippen molar-refractivity contribution in [2.45, 2.75) is 31.2 Å². The Balaban J connectivity index is 3.18. The molecule has 0 bridgehead atoms. The highest BCUT2D eigenvalue weighted by Gasteiger charge is 2.22. The van der Waals surface area contributed by atoms with Gasteiger partial charge in [-0.25, -0.2) is 13.1 Å². The lowest BCUT2D eigenvalue weighted by atomic mass is 10.1. The van der Waals surface area contributed by atoms with Gasteiger partial charge in [-0.15, -0.1) is 0 Å². The molecule has 1 aromatic rings. The smallest absolute Gasteiger partial charge is 0.241 e. The van der Waals surface area contributed by atoms with Crippen molar-refractivity contribution in [2.24, 2.45) is 5.73 Å². The topological polar surface area (TPSA) is 90.7 Å². The lowest BCUT2D eigenvalue weighted by molar-refractivity contribution is 0.353. The fourth-order valence-electron chi connectivity index (χ4n) is 1.61. The summed E-state index contributed by atoms with van der Waals surface area (Å²) in [6.07, 6.45) is 0. The van der Waals surface area contributed by atoms with E-state index in [9.17, 15) is 8.42 Å². The van der Waals surface area contributed by atoms with Crippen molar-refractivity contribution in [1.29, 1.82) is 0 Å². The molecule has 7 heteroatoms. The van der Waals surface area contributed by atoms with E-state index in [2.05, 4.69) is 4.72 Å². The Hall–Kier alpha value is -1.31. The fourth-order valence-corrected chi connectivity index (χ4v) is 3.07. The first-order chi connectivity index (χ1) is 9.10. The number of methoxy groups -OCH3 is 2. The second-order valence-electron chi connectivity index (χ2n) is 5.29. The van der Waals surface area contributed by atoms with E-state index in [4.69, 9.17) is 15.2 Å². The molecule has 3 N–H and O–H groups in total. The SMILES string of the molecule is COc1cc(C)c(S(=O)(=O)NCC(C)(C)N)cc1OC. The highest BCUT2D eigenvalue weighted by molar-refractivity contribution is 7.89. The number of hydrogen-bond acceptors (Lipinski definition) is 5. The Bertz CT molecular complexity index is 577. The molecule has 0 aliphatic heterocycles. The van der Waals surface area contributed by atoms with Gasteiger partial charge in [-0.1, -0.05) is 0 Å². The van der Waals surface area contributed by atoms with Crippen LogP contribution in [0.1, 0.15) is 19.4 Å². The molecule has 0 fully saturated rings. The molecule has 0 radical (unpaired) electrons. The van der Waals surface area contributed by atoms with Gasteiger partial charge in [0.15, 0.2) is 11.5 Å². The Kier molecular flexibility index (Phi) is 5.01. The zero-order chi connectivity index (χ0) is 15.6. The van der Waals surface area contributed by atoms with Gasteiger partial charge in [-0.2, -0.15) is 0 Å². The highest BCUT2D eigenvalue weighted by atomic mass is 32.2. The summed E-state index contributed by atoms with van der Waals surface area (Å²) < 4.78 is 37.4. The summed E-state index contributed by atoms with van der Waals surface area (Å²) >= 11 is 0. The highest BCUT2D eigenvalue weighted by Crippen LogP contribution is 2.32. The van der Waals surface area contributed by atoms with Crippen molar-refractivity contribution < 1.29 is 17.9 Å². The van der Waals surface area contributed by atoms with Gasteiger partial charge in [0.2, 0.25) is 10.0 Å². The van der Waals surface area contributed by atoms with Crippen LogP contribution in [0.4, 0.5) is 0 Å². The zero-order valence-electron chi connectivity index (χ0n) is 12.5. The molecule has 0 amide bonds. The minimum atomic E-state index is -3.65. The van der Waals surface area contributed by atoms with Gasteiger partial charge in [0, 0.05) is 18.2 Å². The summed E-state index contributed by atoms with van der Waals surface area (Å²) in [6.45, 7) is 5.33. The van der Waals surface area contributed by atoms with E-state index in [-0.39, 0.29) is 11.4 Å². The lowest BCUT2D eigenvalue weighted by Gasteiger charge is -2.20. The summed E-state index contributed by atoms with van der Waals surface area (Å²) in [5.74, 6) is 0.855. The number of sulfonamides is 1. The molecule has 114 valence electrons. The first kappa shape index (κ1) is 16.7. The zero-order valence-corrected chi connectivity index (χ0v) is 13.3. The van der Waals surface area contributed by atoms with Gasteiger partial charge < -0.3 is 15.2 Å². The maximum atomic E-state index is 12.3. The van der Waals surface area contributed by atoms with Crippen molar-refractivity contribution in [1.82, 2.24) is 4.72 Å². The van der Waals surface area contributed by atoms with Gasteiger partial charge in [0.05, 0.1) is 19.1 Å². The minimum Gasteiger partial charge on any atom is -0.493 e. The molecule has 1 rings (SSSR count). The maximum Gasteiger partial charge on any atom is 0.241 e. The molecule has 0 aliphatic carbocycles. The van der Waals surface area contributed by atoms with Crippen molar-refractivity contribution >= 4 is 10.0 Å². The summed E-state index contributed by atoms with van der Waals surface area (Å²) in [5.41, 5.74) is 5.74. The molecule has 0 atom stereocenters. The van der Waals surface area contributed by atoms with Crippen LogP contribution in [-0.4, -0.2) is 34.7 Å². The largest absolute Gasteiger partial charge is 0.493 e. The van der Waals surface area contributed by atoms with Crippen LogP contribution < -0.4 is 19.9 Å². The van der Waals surface area contributed by atoms with Crippen molar-refractivity contribution in [3.63, 3.8) is 0 Å². The lowest BCUT2D eigenvalue weighted by Crippen LogP contribution is -2.45. The minimum absolute atomic E-state index is 0.142. The number of nitrogens with one attached hydrogen (secondary N) is 1. The van der Waals surface area contributed by atoms with E-state index in [0.29, 0.717) is 17.1 Å². The second-order valence-corrected chi connectivity index (χ2v) is 7.02. The average Bonchev–Trinajstić information content (AvgIpc) is 2.35. The van der Waals surface area contributed by atoms with Gasteiger partial charge in [-0.3, -0.25) is 0 Å². The third-order valence-corrected chi connectivity index (χ3v) is 4.23. The number of hydrogen-bond donors (Lipinski definition) is 2. The predicted molar refractivity (Wildman–Crippen MR) is 77.7 cm³/mol. The third kappa shape index (κ3) is 4.09. The van der Waals surface area contributed by atoms with Gasteiger partial charge in [0.1, 0.15) is 0 Å². The molecule has 1 aromatic carbocycles. The maximum absolute atomic E-state index is 12.3. The van der Waals surface area contributed by atoms with Crippen LogP contribution in [0.15, 0.2) is 17.0 Å². The molecular weight excluding hydrogens is 280 g/mol. The van der Waals surface area contributed by atoms with Crippen LogP contribution in [0.2, 0.25) is 0 Å². The molecule has 0 saturated heterocycles. The monoisotopic (exact) mass is 302 g/mol. The van der Waals surface area contributed by atoms with E-state index in [1.807, 2.05) is 0 Å². The Morgan fingerprint density at radius 3 is 2.15 bits per heavy atom. The molecule has 0 unspecified atom stereocenters. The van der Waals surface area contributed by atoms with E-state index in [0.717, 1.165) is 0 Å².